The molecule has 2 aromatic carbocycles. The van der Waals surface area contributed by atoms with E-state index < -0.39 is 11.9 Å². The summed E-state index contributed by atoms with van der Waals surface area (Å²) >= 11 is 0. The van der Waals surface area contributed by atoms with Crippen molar-refractivity contribution in [2.45, 2.75) is 50.7 Å². The molecule has 2 aromatic rings. The first kappa shape index (κ1) is 22.3. The summed E-state index contributed by atoms with van der Waals surface area (Å²) in [6.45, 7) is 2.70. The number of piperidine rings is 2. The Morgan fingerprint density at radius 2 is 1.85 bits per heavy atom. The Balaban J connectivity index is 1.27. The highest BCUT2D eigenvalue weighted by Gasteiger charge is 2.40. The number of carbonyl (C=O) groups is 3. The van der Waals surface area contributed by atoms with Crippen LogP contribution < -0.4 is 5.32 Å². The number of rotatable bonds is 4. The molecule has 0 radical (unpaired) electrons. The number of halogens is 1. The molecule has 0 spiro atoms. The molecule has 0 aliphatic carbocycles. The molecule has 7 heteroatoms. The third-order valence-electron chi connectivity index (χ3n) is 7.24. The first-order valence-corrected chi connectivity index (χ1v) is 11.7. The molecule has 2 saturated heterocycles. The SMILES string of the molecule is C#Cc1ccccc1CN1CCC(c2cc3c(cc2F)C(=O)N(C2CCC(=O)NC2=O)C3)CC1. The second kappa shape index (κ2) is 9.03. The maximum absolute atomic E-state index is 15.1. The van der Waals surface area contributed by atoms with Crippen LogP contribution in [-0.2, 0) is 22.7 Å². The van der Waals surface area contributed by atoms with E-state index in [-0.39, 0.29) is 36.5 Å². The number of terminal acetylenes is 1. The van der Waals surface area contributed by atoms with E-state index in [0.29, 0.717) is 17.5 Å². The van der Waals surface area contributed by atoms with Gasteiger partial charge in [-0.05, 0) is 67.1 Å². The molecule has 1 atom stereocenters. The molecule has 34 heavy (non-hydrogen) atoms. The number of carbonyl (C=O) groups excluding carboxylic acids is 3. The van der Waals surface area contributed by atoms with Gasteiger partial charge >= 0.3 is 0 Å². The van der Waals surface area contributed by atoms with Gasteiger partial charge in [-0.25, -0.2) is 4.39 Å². The van der Waals surface area contributed by atoms with Crippen molar-refractivity contribution in [3.63, 3.8) is 0 Å². The summed E-state index contributed by atoms with van der Waals surface area (Å²) in [6, 6.07) is 10.4. The van der Waals surface area contributed by atoms with Crippen LogP contribution in [0.1, 0.15) is 64.2 Å². The number of fused-ring (bicyclic) bond motifs is 1. The van der Waals surface area contributed by atoms with Crippen molar-refractivity contribution < 1.29 is 18.8 Å². The minimum absolute atomic E-state index is 0.0733. The fourth-order valence-corrected chi connectivity index (χ4v) is 5.36. The Morgan fingerprint density at radius 3 is 2.59 bits per heavy atom. The van der Waals surface area contributed by atoms with Crippen molar-refractivity contribution in [3.8, 4) is 12.3 Å². The molecule has 1 N–H and O–H groups in total. The molecule has 5 rings (SSSR count). The van der Waals surface area contributed by atoms with Crippen molar-refractivity contribution >= 4 is 17.7 Å². The van der Waals surface area contributed by atoms with E-state index in [1.165, 1.54) is 11.0 Å². The van der Waals surface area contributed by atoms with Crippen LogP contribution in [0.15, 0.2) is 36.4 Å². The molecule has 3 heterocycles. The summed E-state index contributed by atoms with van der Waals surface area (Å²) in [7, 11) is 0. The monoisotopic (exact) mass is 459 g/mol. The van der Waals surface area contributed by atoms with Crippen molar-refractivity contribution in [1.29, 1.82) is 0 Å². The predicted molar refractivity (Wildman–Crippen MR) is 124 cm³/mol. The zero-order valence-corrected chi connectivity index (χ0v) is 18.9. The zero-order chi connectivity index (χ0) is 23.8. The highest BCUT2D eigenvalue weighted by atomic mass is 19.1. The zero-order valence-electron chi connectivity index (χ0n) is 18.9. The third-order valence-corrected chi connectivity index (χ3v) is 7.24. The highest BCUT2D eigenvalue weighted by Crippen LogP contribution is 2.35. The minimum Gasteiger partial charge on any atom is -0.322 e. The molecule has 0 bridgehead atoms. The molecule has 0 aromatic heterocycles. The number of hydrogen-bond donors (Lipinski definition) is 1. The molecular formula is C27H26FN3O3. The van der Waals surface area contributed by atoms with Crippen molar-refractivity contribution in [2.75, 3.05) is 13.1 Å². The van der Waals surface area contributed by atoms with Crippen LogP contribution in [0.5, 0.6) is 0 Å². The molecule has 3 aliphatic rings. The van der Waals surface area contributed by atoms with Gasteiger partial charge in [0.15, 0.2) is 0 Å². The lowest BCUT2D eigenvalue weighted by atomic mass is 9.87. The van der Waals surface area contributed by atoms with E-state index in [0.717, 1.165) is 49.2 Å². The van der Waals surface area contributed by atoms with Crippen LogP contribution in [0.4, 0.5) is 4.39 Å². The second-order valence-corrected chi connectivity index (χ2v) is 9.28. The Morgan fingerprint density at radius 1 is 1.09 bits per heavy atom. The summed E-state index contributed by atoms with van der Waals surface area (Å²) in [4.78, 5) is 40.4. The number of nitrogens with zero attached hydrogens (tertiary/aromatic N) is 2. The van der Waals surface area contributed by atoms with Crippen LogP contribution in [0.2, 0.25) is 0 Å². The number of amides is 3. The number of hydrogen-bond acceptors (Lipinski definition) is 4. The van der Waals surface area contributed by atoms with E-state index in [2.05, 4.69) is 16.1 Å². The number of nitrogens with one attached hydrogen (secondary N) is 1. The lowest BCUT2D eigenvalue weighted by molar-refractivity contribution is -0.136. The molecule has 2 fully saturated rings. The molecule has 3 amide bonds. The summed E-state index contributed by atoms with van der Waals surface area (Å²) < 4.78 is 15.1. The van der Waals surface area contributed by atoms with Gasteiger partial charge in [-0.2, -0.15) is 0 Å². The number of benzene rings is 2. The fourth-order valence-electron chi connectivity index (χ4n) is 5.36. The quantitative estimate of drug-likeness (QED) is 0.564. The van der Waals surface area contributed by atoms with Gasteiger partial charge in [0.2, 0.25) is 11.8 Å². The first-order valence-electron chi connectivity index (χ1n) is 11.7. The maximum atomic E-state index is 15.1. The standard InChI is InChI=1S/C27H26FN3O3/c1-2-17-5-3-4-6-19(17)15-30-11-9-18(10-12-30)21-13-20-16-31(27(34)22(20)14-23(21)28)24-7-8-25(32)29-26(24)33/h1,3-6,13-14,18,24H,7-12,15-16H2,(H,29,32,33). The topological polar surface area (TPSA) is 69.7 Å². The molecule has 174 valence electrons. The summed E-state index contributed by atoms with van der Waals surface area (Å²) in [5.74, 6) is 1.31. The Hall–Kier alpha value is -3.50. The van der Waals surface area contributed by atoms with Gasteiger partial charge in [0, 0.05) is 30.6 Å². The van der Waals surface area contributed by atoms with Crippen LogP contribution in [0, 0.1) is 18.2 Å². The van der Waals surface area contributed by atoms with Crippen molar-refractivity contribution in [2.24, 2.45) is 0 Å². The van der Waals surface area contributed by atoms with Gasteiger partial charge in [-0.1, -0.05) is 30.2 Å². The van der Waals surface area contributed by atoms with Crippen molar-refractivity contribution in [1.82, 2.24) is 15.1 Å². The van der Waals surface area contributed by atoms with Gasteiger partial charge in [0.25, 0.3) is 5.91 Å². The molecule has 0 saturated carbocycles. The Labute approximate surface area is 198 Å². The smallest absolute Gasteiger partial charge is 0.255 e. The van der Waals surface area contributed by atoms with E-state index in [1.807, 2.05) is 30.3 Å². The van der Waals surface area contributed by atoms with E-state index in [4.69, 9.17) is 6.42 Å². The summed E-state index contributed by atoms with van der Waals surface area (Å²) in [5.41, 5.74) is 3.73. The van der Waals surface area contributed by atoms with E-state index in [1.54, 1.807) is 0 Å². The minimum atomic E-state index is -0.696. The van der Waals surface area contributed by atoms with Crippen LogP contribution in [-0.4, -0.2) is 46.7 Å². The fraction of sp³-hybridized carbons (Fsp3) is 0.370. The maximum Gasteiger partial charge on any atom is 0.255 e. The lowest BCUT2D eigenvalue weighted by Crippen LogP contribution is -2.52. The van der Waals surface area contributed by atoms with Crippen molar-refractivity contribution in [3.05, 3.63) is 70.0 Å². The van der Waals surface area contributed by atoms with Gasteiger partial charge in [-0.15, -0.1) is 6.42 Å². The van der Waals surface area contributed by atoms with Gasteiger partial charge in [0.05, 0.1) is 0 Å². The Kier molecular flexibility index (Phi) is 5.93. The number of imide groups is 1. The molecular weight excluding hydrogens is 433 g/mol. The summed E-state index contributed by atoms with van der Waals surface area (Å²) in [5, 5.41) is 2.30. The first-order chi connectivity index (χ1) is 16.4. The highest BCUT2D eigenvalue weighted by molar-refractivity contribution is 6.05. The Bertz CT molecular complexity index is 1210. The molecule has 6 nitrogen and oxygen atoms in total. The van der Waals surface area contributed by atoms with Crippen LogP contribution in [0.25, 0.3) is 0 Å². The van der Waals surface area contributed by atoms with Gasteiger partial charge in [0.1, 0.15) is 11.9 Å². The van der Waals surface area contributed by atoms with E-state index >= 15 is 4.39 Å². The van der Waals surface area contributed by atoms with E-state index in [9.17, 15) is 14.4 Å². The second-order valence-electron chi connectivity index (χ2n) is 9.28. The average Bonchev–Trinajstić information content (AvgIpc) is 3.14. The van der Waals surface area contributed by atoms with Crippen LogP contribution in [0.3, 0.4) is 0 Å². The normalized spacial score (nSPS) is 21.4. The summed E-state index contributed by atoms with van der Waals surface area (Å²) in [6.07, 6.45) is 7.75. The number of likely N-dealkylation sites (tertiary alicyclic amines) is 1. The lowest BCUT2D eigenvalue weighted by Gasteiger charge is -2.32. The molecule has 1 unspecified atom stereocenters. The van der Waals surface area contributed by atoms with Crippen LogP contribution >= 0.6 is 0 Å². The van der Waals surface area contributed by atoms with Gasteiger partial charge < -0.3 is 4.90 Å². The molecule has 3 aliphatic heterocycles. The largest absolute Gasteiger partial charge is 0.322 e. The third kappa shape index (κ3) is 4.10. The average molecular weight is 460 g/mol. The van der Waals surface area contributed by atoms with Gasteiger partial charge in [-0.3, -0.25) is 24.6 Å². The predicted octanol–water partition coefficient (Wildman–Crippen LogP) is 2.95.